The van der Waals surface area contributed by atoms with E-state index in [1.54, 1.807) is 0 Å². The van der Waals surface area contributed by atoms with E-state index in [1.165, 1.54) is 30.3 Å². The quantitative estimate of drug-likeness (QED) is 0.451. The van der Waals surface area contributed by atoms with Gasteiger partial charge >= 0.3 is 0 Å². The third kappa shape index (κ3) is 7.28. The maximum Gasteiger partial charge on any atom is 0.141 e. The third-order valence-electron chi connectivity index (χ3n) is 2.85. The van der Waals surface area contributed by atoms with Crippen LogP contribution in [0.15, 0.2) is 16.9 Å². The molecule has 0 amide bonds. The molecule has 0 spiro atoms. The molecular weight excluding hydrogens is 262 g/mol. The summed E-state index contributed by atoms with van der Waals surface area (Å²) in [5, 5.41) is 3.32. The summed E-state index contributed by atoms with van der Waals surface area (Å²) >= 11 is 5.94. The zero-order chi connectivity index (χ0) is 13.9. The molecule has 0 saturated heterocycles. The maximum absolute atomic E-state index is 5.94. The van der Waals surface area contributed by atoms with Crippen LogP contribution in [-0.4, -0.2) is 23.6 Å². The highest BCUT2D eigenvalue weighted by atomic mass is 35.5. The van der Waals surface area contributed by atoms with Crippen molar-refractivity contribution in [1.82, 2.24) is 20.8 Å². The van der Waals surface area contributed by atoms with Crippen molar-refractivity contribution in [2.24, 2.45) is 4.99 Å². The standard InChI is InChI=1S/C13H26ClN5/c1-3-5-7-9-15-12-11-13(18-19(14)17-12)16-10-8-6-4-2/h11,15,17H,3-10H2,1-2H3,(H,16,18). The summed E-state index contributed by atoms with van der Waals surface area (Å²) < 4.78 is 1.31. The number of aliphatic imine (C=N–C) groups is 1. The molecule has 0 aromatic heterocycles. The predicted octanol–water partition coefficient (Wildman–Crippen LogP) is 2.67. The Morgan fingerprint density at radius 2 is 1.89 bits per heavy atom. The Bertz CT molecular complexity index is 303. The Morgan fingerprint density at radius 3 is 2.63 bits per heavy atom. The van der Waals surface area contributed by atoms with Crippen LogP contribution in [0.3, 0.4) is 0 Å². The summed E-state index contributed by atoms with van der Waals surface area (Å²) in [6, 6.07) is 0. The summed E-state index contributed by atoms with van der Waals surface area (Å²) in [4.78, 5) is 4.49. The van der Waals surface area contributed by atoms with Crippen LogP contribution in [-0.2, 0) is 0 Å². The third-order valence-corrected chi connectivity index (χ3v) is 3.02. The molecule has 110 valence electrons. The minimum atomic E-state index is 0.794. The molecule has 0 fully saturated rings. The van der Waals surface area contributed by atoms with Crippen molar-refractivity contribution in [3.05, 3.63) is 11.9 Å². The number of hydrogen-bond acceptors (Lipinski definition) is 4. The van der Waals surface area contributed by atoms with Gasteiger partial charge in [-0.25, -0.2) is 0 Å². The molecule has 1 aliphatic heterocycles. The fourth-order valence-electron chi connectivity index (χ4n) is 1.77. The Kier molecular flexibility index (Phi) is 8.41. The maximum atomic E-state index is 5.94. The van der Waals surface area contributed by atoms with Crippen molar-refractivity contribution in [3.8, 4) is 0 Å². The molecule has 0 saturated carbocycles. The second-order valence-electron chi connectivity index (χ2n) is 4.67. The van der Waals surface area contributed by atoms with E-state index < -0.39 is 0 Å². The smallest absolute Gasteiger partial charge is 0.141 e. The van der Waals surface area contributed by atoms with E-state index in [4.69, 9.17) is 11.8 Å². The van der Waals surface area contributed by atoms with Crippen LogP contribution in [0.1, 0.15) is 52.4 Å². The Labute approximate surface area is 121 Å². The number of unbranched alkanes of at least 4 members (excludes halogenated alkanes) is 4. The molecule has 0 atom stereocenters. The van der Waals surface area contributed by atoms with Gasteiger partial charge in [0.15, 0.2) is 0 Å². The normalized spacial score (nSPS) is 17.8. The molecule has 3 N–H and O–H groups in total. The zero-order valence-electron chi connectivity index (χ0n) is 12.0. The van der Waals surface area contributed by atoms with Crippen molar-refractivity contribution in [2.75, 3.05) is 13.1 Å². The van der Waals surface area contributed by atoms with E-state index >= 15 is 0 Å². The molecule has 0 bridgehead atoms. The molecule has 19 heavy (non-hydrogen) atoms. The van der Waals surface area contributed by atoms with Crippen LogP contribution in [0.5, 0.6) is 0 Å². The number of nitrogens with one attached hydrogen (secondary N) is 3. The Balaban J connectivity index is 2.38. The Morgan fingerprint density at radius 1 is 1.16 bits per heavy atom. The molecule has 1 rings (SSSR count). The van der Waals surface area contributed by atoms with Crippen molar-refractivity contribution >= 4 is 17.6 Å². The van der Waals surface area contributed by atoms with Gasteiger partial charge in [0.2, 0.25) is 0 Å². The molecule has 0 aromatic rings. The van der Waals surface area contributed by atoms with E-state index in [0.717, 1.165) is 37.6 Å². The van der Waals surface area contributed by atoms with Gasteiger partial charge in [-0.2, -0.15) is 0 Å². The largest absolute Gasteiger partial charge is 0.371 e. The summed E-state index contributed by atoms with van der Waals surface area (Å²) in [7, 11) is 0. The average Bonchev–Trinajstić information content (AvgIpc) is 2.39. The number of hydrogen-bond donors (Lipinski definition) is 3. The lowest BCUT2D eigenvalue weighted by molar-refractivity contribution is 0.314. The van der Waals surface area contributed by atoms with Gasteiger partial charge < -0.3 is 5.32 Å². The molecule has 0 radical (unpaired) electrons. The van der Waals surface area contributed by atoms with Crippen molar-refractivity contribution in [1.29, 1.82) is 0 Å². The highest BCUT2D eigenvalue weighted by molar-refractivity contribution is 6.14. The lowest BCUT2D eigenvalue weighted by atomic mass is 10.2. The molecule has 1 aliphatic rings. The predicted molar refractivity (Wildman–Crippen MR) is 81.4 cm³/mol. The van der Waals surface area contributed by atoms with E-state index in [9.17, 15) is 0 Å². The van der Waals surface area contributed by atoms with Gasteiger partial charge in [0.05, 0.1) is 0 Å². The minimum absolute atomic E-state index is 0.794. The summed E-state index contributed by atoms with van der Waals surface area (Å²) in [5.41, 5.74) is 5.93. The van der Waals surface area contributed by atoms with Gasteiger partial charge in [-0.3, -0.25) is 15.8 Å². The molecular formula is C13H26ClN5. The summed E-state index contributed by atoms with van der Waals surface area (Å²) in [6.45, 7) is 6.17. The molecule has 5 nitrogen and oxygen atoms in total. The first-order chi connectivity index (χ1) is 9.26. The Hall–Kier alpha value is -0.940. The SMILES string of the molecule is CCCCCN=C1C=C(NCCCCC)NN(Cl)N1. The van der Waals surface area contributed by atoms with Crippen molar-refractivity contribution in [3.63, 3.8) is 0 Å². The molecule has 0 aliphatic carbocycles. The average molecular weight is 288 g/mol. The van der Waals surface area contributed by atoms with Gasteiger partial charge in [-0.05, 0) is 17.5 Å². The molecule has 1 heterocycles. The van der Waals surface area contributed by atoms with Crippen LogP contribution < -0.4 is 16.2 Å². The highest BCUT2D eigenvalue weighted by Crippen LogP contribution is 2.01. The highest BCUT2D eigenvalue weighted by Gasteiger charge is 2.12. The van der Waals surface area contributed by atoms with E-state index in [2.05, 4.69) is 35.0 Å². The summed E-state index contributed by atoms with van der Waals surface area (Å²) in [6.07, 6.45) is 9.12. The van der Waals surface area contributed by atoms with Gasteiger partial charge in [-0.1, -0.05) is 39.5 Å². The number of nitrogens with zero attached hydrogens (tertiary/aromatic N) is 2. The fraction of sp³-hybridized carbons (Fsp3) is 0.769. The molecule has 0 aromatic carbocycles. The van der Waals surface area contributed by atoms with E-state index in [1.807, 2.05) is 6.08 Å². The van der Waals surface area contributed by atoms with Crippen molar-refractivity contribution in [2.45, 2.75) is 52.4 Å². The zero-order valence-corrected chi connectivity index (χ0v) is 12.8. The summed E-state index contributed by atoms with van der Waals surface area (Å²) in [5.74, 6) is 1.68. The fourth-order valence-corrected chi connectivity index (χ4v) is 1.94. The van der Waals surface area contributed by atoms with Crippen LogP contribution in [0.25, 0.3) is 0 Å². The first kappa shape index (κ1) is 16.1. The van der Waals surface area contributed by atoms with Crippen LogP contribution in [0, 0.1) is 0 Å². The number of halogens is 1. The van der Waals surface area contributed by atoms with Gasteiger partial charge in [-0.15, -0.1) is 0 Å². The monoisotopic (exact) mass is 287 g/mol. The van der Waals surface area contributed by atoms with Gasteiger partial charge in [0.25, 0.3) is 0 Å². The lowest BCUT2D eigenvalue weighted by Gasteiger charge is -2.25. The lowest BCUT2D eigenvalue weighted by Crippen LogP contribution is -2.50. The second kappa shape index (κ2) is 9.92. The topological polar surface area (TPSA) is 51.7 Å². The first-order valence-corrected chi connectivity index (χ1v) is 7.59. The van der Waals surface area contributed by atoms with Crippen LogP contribution in [0.2, 0.25) is 0 Å². The van der Waals surface area contributed by atoms with E-state index in [0.29, 0.717) is 0 Å². The number of hydrazine groups is 2. The molecule has 0 unspecified atom stereocenters. The second-order valence-corrected chi connectivity index (χ2v) is 5.01. The van der Waals surface area contributed by atoms with Crippen LogP contribution in [0.4, 0.5) is 0 Å². The van der Waals surface area contributed by atoms with Gasteiger partial charge in [0.1, 0.15) is 11.7 Å². The molecule has 6 heteroatoms. The number of amidine groups is 1. The van der Waals surface area contributed by atoms with Crippen LogP contribution >= 0.6 is 11.8 Å². The van der Waals surface area contributed by atoms with Gasteiger partial charge in [0, 0.05) is 30.9 Å². The minimum Gasteiger partial charge on any atom is -0.371 e. The number of rotatable bonds is 9. The van der Waals surface area contributed by atoms with E-state index in [-0.39, 0.29) is 0 Å². The first-order valence-electron chi connectivity index (χ1n) is 7.25. The van der Waals surface area contributed by atoms with Crippen molar-refractivity contribution < 1.29 is 0 Å².